The van der Waals surface area contributed by atoms with E-state index < -0.39 is 35.2 Å². The molecule has 0 spiro atoms. The number of carbonyl (C=O) groups excluding carboxylic acids is 2. The number of hydrogen-bond donors (Lipinski definition) is 1. The maximum absolute atomic E-state index is 17.7. The number of hydrogen-bond acceptors (Lipinski definition) is 6. The van der Waals surface area contributed by atoms with Crippen LogP contribution < -0.4 is 15.4 Å². The lowest BCUT2D eigenvalue weighted by atomic mass is 9.93. The van der Waals surface area contributed by atoms with E-state index in [0.29, 0.717) is 33.5 Å². The van der Waals surface area contributed by atoms with Crippen LogP contribution in [0.15, 0.2) is 54.2 Å². The maximum atomic E-state index is 17.7. The molecule has 2 unspecified atom stereocenters. The molecule has 7 rings (SSSR count). The molecule has 12 heteroatoms. The van der Waals surface area contributed by atoms with Gasteiger partial charge in [-0.25, -0.2) is 13.8 Å². The highest BCUT2D eigenvalue weighted by molar-refractivity contribution is 6.13. The number of anilines is 2. The summed E-state index contributed by atoms with van der Waals surface area (Å²) in [7, 11) is 1.48. The summed E-state index contributed by atoms with van der Waals surface area (Å²) in [6.45, 7) is 13.0. The number of nitrogens with one attached hydrogen (secondary N) is 1. The van der Waals surface area contributed by atoms with Gasteiger partial charge in [-0.15, -0.1) is 0 Å². The fraction of sp³-hybridized carbons (Fsp3) is 0.306. The van der Waals surface area contributed by atoms with E-state index in [4.69, 9.17) is 0 Å². The molecule has 2 aliphatic heterocycles. The van der Waals surface area contributed by atoms with E-state index in [1.807, 2.05) is 20.8 Å². The van der Waals surface area contributed by atoms with Crippen molar-refractivity contribution in [1.82, 2.24) is 24.4 Å². The normalized spacial score (nSPS) is 17.8. The summed E-state index contributed by atoms with van der Waals surface area (Å²) in [5.41, 5.74) is 2.56. The lowest BCUT2D eigenvalue weighted by Gasteiger charge is -2.50. The largest absolute Gasteiger partial charge is 0.354 e. The van der Waals surface area contributed by atoms with E-state index in [2.05, 4.69) is 21.5 Å². The summed E-state index contributed by atoms with van der Waals surface area (Å²) in [5.74, 6) is -2.69. The van der Waals surface area contributed by atoms with Crippen molar-refractivity contribution in [2.24, 2.45) is 0 Å². The molecule has 10 nitrogen and oxygen atoms in total. The van der Waals surface area contributed by atoms with Crippen molar-refractivity contribution in [2.75, 3.05) is 29.9 Å². The number of fused-ring (bicyclic) bond motifs is 6. The molecule has 48 heavy (non-hydrogen) atoms. The molecule has 5 heterocycles. The zero-order valence-electron chi connectivity index (χ0n) is 27.6. The number of benzene rings is 2. The maximum Gasteiger partial charge on any atom is 0.281 e. The first-order valence-corrected chi connectivity index (χ1v) is 15.8. The SMILES string of the molecule is C=CC(=O)N1CC2C(=O)N(C)c3c(c4cc(F)c(-c5c(C)ccc6[nH]cnc56)c(F)c4n(-c4c(C)ccnc4C(C)C)c3=O)N2CC1C. The molecule has 2 atom stereocenters. The van der Waals surface area contributed by atoms with Crippen molar-refractivity contribution in [1.29, 1.82) is 0 Å². The average molecular weight is 652 g/mol. The second-order valence-electron chi connectivity index (χ2n) is 13.0. The van der Waals surface area contributed by atoms with Gasteiger partial charge in [-0.1, -0.05) is 26.5 Å². The van der Waals surface area contributed by atoms with Crippen LogP contribution in [0.4, 0.5) is 20.2 Å². The molecule has 5 aromatic rings. The summed E-state index contributed by atoms with van der Waals surface area (Å²) < 4.78 is 35.6. The molecule has 2 aliphatic rings. The van der Waals surface area contributed by atoms with Crippen LogP contribution in [-0.4, -0.2) is 68.5 Å². The number of carbonyl (C=O) groups is 2. The number of aryl methyl sites for hydroxylation is 2. The van der Waals surface area contributed by atoms with Crippen molar-refractivity contribution in [3.05, 3.63) is 88.3 Å². The van der Waals surface area contributed by atoms with Gasteiger partial charge >= 0.3 is 0 Å². The lowest BCUT2D eigenvalue weighted by Crippen LogP contribution is -2.66. The minimum Gasteiger partial charge on any atom is -0.354 e. The molecule has 1 saturated heterocycles. The van der Waals surface area contributed by atoms with Gasteiger partial charge in [-0.3, -0.25) is 23.9 Å². The van der Waals surface area contributed by atoms with Gasteiger partial charge in [-0.2, -0.15) is 0 Å². The number of likely N-dealkylation sites (N-methyl/N-ethyl adjacent to an activating group) is 1. The molecule has 246 valence electrons. The monoisotopic (exact) mass is 651 g/mol. The van der Waals surface area contributed by atoms with Gasteiger partial charge in [0, 0.05) is 36.8 Å². The topological polar surface area (TPSA) is 107 Å². The van der Waals surface area contributed by atoms with Crippen molar-refractivity contribution in [3.8, 4) is 16.8 Å². The van der Waals surface area contributed by atoms with Crippen LogP contribution in [0.3, 0.4) is 0 Å². The third-order valence-corrected chi connectivity index (χ3v) is 9.71. The molecule has 0 bridgehead atoms. The Morgan fingerprint density at radius 3 is 2.50 bits per heavy atom. The van der Waals surface area contributed by atoms with E-state index >= 15 is 8.78 Å². The molecule has 1 N–H and O–H groups in total. The summed E-state index contributed by atoms with van der Waals surface area (Å²) in [6.07, 6.45) is 4.30. The van der Waals surface area contributed by atoms with Crippen LogP contribution >= 0.6 is 0 Å². The Labute approximate surface area is 275 Å². The fourth-order valence-electron chi connectivity index (χ4n) is 7.38. The molecule has 0 saturated carbocycles. The van der Waals surface area contributed by atoms with Crippen LogP contribution in [0.5, 0.6) is 0 Å². The predicted octanol–water partition coefficient (Wildman–Crippen LogP) is 5.52. The van der Waals surface area contributed by atoms with Gasteiger partial charge in [0.15, 0.2) is 5.82 Å². The van der Waals surface area contributed by atoms with Gasteiger partial charge in [0.2, 0.25) is 5.91 Å². The van der Waals surface area contributed by atoms with Gasteiger partial charge in [0.1, 0.15) is 17.5 Å². The standard InChI is InChI=1S/C36H35F2N7O3/c1-8-25(46)43-15-24-35(47)42(7)34-33(44(24)14-20(43)6)21-13-22(37)27(26-18(4)9-10-23-30(26)41-16-40-23)28(38)32(21)45(36(34)48)31-19(5)11-12-39-29(31)17(2)3/h8-13,16-17,20,24H,1,14-15H2,2-7H3,(H,40,41). The minimum absolute atomic E-state index is 0.00506. The second-order valence-corrected chi connectivity index (χ2v) is 13.0. The number of imidazole rings is 1. The van der Waals surface area contributed by atoms with Crippen LogP contribution in [0.1, 0.15) is 43.5 Å². The van der Waals surface area contributed by atoms with E-state index in [9.17, 15) is 14.4 Å². The molecule has 1 fully saturated rings. The zero-order valence-corrected chi connectivity index (χ0v) is 27.6. The smallest absolute Gasteiger partial charge is 0.281 e. The number of halogens is 2. The Morgan fingerprint density at radius 2 is 1.79 bits per heavy atom. The molecular weight excluding hydrogens is 616 g/mol. The number of pyridine rings is 2. The zero-order chi connectivity index (χ0) is 34.3. The first kappa shape index (κ1) is 31.2. The van der Waals surface area contributed by atoms with Crippen LogP contribution in [0.25, 0.3) is 38.8 Å². The number of H-pyrrole nitrogens is 1. The van der Waals surface area contributed by atoms with E-state index in [-0.39, 0.29) is 58.3 Å². The average Bonchev–Trinajstić information content (AvgIpc) is 3.53. The number of nitrogens with zero attached hydrogens (tertiary/aromatic N) is 6. The molecule has 0 radical (unpaired) electrons. The first-order chi connectivity index (χ1) is 22.9. The van der Waals surface area contributed by atoms with Gasteiger partial charge < -0.3 is 19.7 Å². The van der Waals surface area contributed by atoms with Crippen molar-refractivity contribution in [3.63, 3.8) is 0 Å². The Kier molecular flexibility index (Phi) is 7.22. The molecule has 2 aromatic carbocycles. The Balaban J connectivity index is 1.65. The fourth-order valence-corrected chi connectivity index (χ4v) is 7.38. The summed E-state index contributed by atoms with van der Waals surface area (Å²) in [6, 6.07) is 5.26. The minimum atomic E-state index is -0.939. The summed E-state index contributed by atoms with van der Waals surface area (Å²) >= 11 is 0. The van der Waals surface area contributed by atoms with Gasteiger partial charge in [-0.05, 0) is 62.1 Å². The van der Waals surface area contributed by atoms with Crippen LogP contribution in [0, 0.1) is 25.5 Å². The van der Waals surface area contributed by atoms with E-state index in [1.165, 1.54) is 35.0 Å². The highest BCUT2D eigenvalue weighted by Crippen LogP contribution is 2.46. The number of aromatic nitrogens is 4. The number of rotatable bonds is 4. The van der Waals surface area contributed by atoms with Crippen molar-refractivity contribution < 1.29 is 18.4 Å². The quantitative estimate of drug-likeness (QED) is 0.257. The van der Waals surface area contributed by atoms with Crippen LogP contribution in [0.2, 0.25) is 0 Å². The second kappa shape index (κ2) is 11.1. The molecular formula is C36H35F2N7O3. The first-order valence-electron chi connectivity index (χ1n) is 15.8. The number of amides is 2. The molecule has 3 aromatic heterocycles. The lowest BCUT2D eigenvalue weighted by molar-refractivity contribution is -0.130. The van der Waals surface area contributed by atoms with Crippen LogP contribution in [-0.2, 0) is 9.59 Å². The highest BCUT2D eigenvalue weighted by atomic mass is 19.1. The van der Waals surface area contributed by atoms with Crippen molar-refractivity contribution >= 4 is 45.1 Å². The Hall–Kier alpha value is -5.39. The third-order valence-electron chi connectivity index (χ3n) is 9.71. The summed E-state index contributed by atoms with van der Waals surface area (Å²) in [4.78, 5) is 58.2. The number of aromatic amines is 1. The Morgan fingerprint density at radius 1 is 1.04 bits per heavy atom. The van der Waals surface area contributed by atoms with E-state index in [0.717, 1.165) is 0 Å². The third kappa shape index (κ3) is 4.31. The summed E-state index contributed by atoms with van der Waals surface area (Å²) in [5, 5.41) is 0.119. The Bertz CT molecular complexity index is 2270. The van der Waals surface area contributed by atoms with E-state index in [1.54, 1.807) is 48.0 Å². The van der Waals surface area contributed by atoms with Crippen molar-refractivity contribution in [2.45, 2.75) is 52.6 Å². The highest BCUT2D eigenvalue weighted by Gasteiger charge is 2.46. The van der Waals surface area contributed by atoms with Gasteiger partial charge in [0.25, 0.3) is 11.5 Å². The molecule has 0 aliphatic carbocycles. The van der Waals surface area contributed by atoms with Gasteiger partial charge in [0.05, 0.1) is 52.1 Å². The molecule has 2 amide bonds. The predicted molar refractivity (Wildman–Crippen MR) is 182 cm³/mol. The number of piperazine rings is 1.